The molecule has 1 aromatic carbocycles. The third-order valence-corrected chi connectivity index (χ3v) is 3.89. The van der Waals surface area contributed by atoms with Gasteiger partial charge in [-0.15, -0.1) is 0 Å². The topological polar surface area (TPSA) is 52.6 Å². The van der Waals surface area contributed by atoms with Gasteiger partial charge in [-0.2, -0.15) is 0 Å². The Morgan fingerprint density at radius 1 is 1.58 bits per heavy atom. The van der Waals surface area contributed by atoms with Gasteiger partial charge in [-0.1, -0.05) is 0 Å². The third-order valence-electron chi connectivity index (χ3n) is 3.24. The Kier molecular flexibility index (Phi) is 4.76. The van der Waals surface area contributed by atoms with Crippen molar-refractivity contribution in [3.8, 4) is 0 Å². The van der Waals surface area contributed by atoms with Crippen LogP contribution in [0.1, 0.15) is 12.8 Å². The largest absolute Gasteiger partial charge is 0.396 e. The summed E-state index contributed by atoms with van der Waals surface area (Å²) in [6.07, 6.45) is 1.84. The van der Waals surface area contributed by atoms with Crippen molar-refractivity contribution in [1.82, 2.24) is 4.90 Å². The zero-order valence-electron chi connectivity index (χ0n) is 10.4. The van der Waals surface area contributed by atoms with Gasteiger partial charge in [0.1, 0.15) is 5.82 Å². The van der Waals surface area contributed by atoms with Crippen molar-refractivity contribution in [3.63, 3.8) is 0 Å². The molecule has 2 rings (SSSR count). The standard InChI is InChI=1S/C13H16BrFN2O2/c14-11-6-10(15)3-4-12(11)16-13(19)17-5-1-2-9(7-17)8-18/h3-4,6,9,18H,1-2,5,7-8H2,(H,16,19). The summed E-state index contributed by atoms with van der Waals surface area (Å²) in [6.45, 7) is 1.34. The summed E-state index contributed by atoms with van der Waals surface area (Å²) in [4.78, 5) is 13.8. The molecule has 2 amide bonds. The van der Waals surface area contributed by atoms with E-state index in [0.717, 1.165) is 12.8 Å². The van der Waals surface area contributed by atoms with Crippen LogP contribution in [0.15, 0.2) is 22.7 Å². The number of carbonyl (C=O) groups excluding carboxylic acids is 1. The number of hydrogen-bond donors (Lipinski definition) is 2. The molecule has 0 aliphatic carbocycles. The number of amides is 2. The number of aliphatic hydroxyl groups is 1. The molecule has 0 saturated carbocycles. The lowest BCUT2D eigenvalue weighted by molar-refractivity contribution is 0.136. The number of aliphatic hydroxyl groups excluding tert-OH is 1. The summed E-state index contributed by atoms with van der Waals surface area (Å²) >= 11 is 3.21. The average molecular weight is 331 g/mol. The molecule has 2 N–H and O–H groups in total. The van der Waals surface area contributed by atoms with Crippen LogP contribution in [0.4, 0.5) is 14.9 Å². The van der Waals surface area contributed by atoms with E-state index in [9.17, 15) is 9.18 Å². The van der Waals surface area contributed by atoms with E-state index in [0.29, 0.717) is 23.2 Å². The van der Waals surface area contributed by atoms with Gasteiger partial charge in [-0.25, -0.2) is 9.18 Å². The molecule has 1 aliphatic heterocycles. The fourth-order valence-corrected chi connectivity index (χ4v) is 2.63. The first-order chi connectivity index (χ1) is 9.10. The van der Waals surface area contributed by atoms with Gasteiger partial charge in [0.15, 0.2) is 0 Å². The molecule has 1 atom stereocenters. The summed E-state index contributed by atoms with van der Waals surface area (Å²) < 4.78 is 13.5. The average Bonchev–Trinajstić information content (AvgIpc) is 2.42. The number of likely N-dealkylation sites (tertiary alicyclic amines) is 1. The lowest BCUT2D eigenvalue weighted by Gasteiger charge is -2.31. The second-order valence-electron chi connectivity index (χ2n) is 4.69. The molecule has 4 nitrogen and oxygen atoms in total. The number of nitrogens with one attached hydrogen (secondary N) is 1. The van der Waals surface area contributed by atoms with E-state index < -0.39 is 0 Å². The summed E-state index contributed by atoms with van der Waals surface area (Å²) in [5.74, 6) is -0.209. The van der Waals surface area contributed by atoms with Gasteiger partial charge in [0.25, 0.3) is 0 Å². The molecule has 0 radical (unpaired) electrons. The Morgan fingerprint density at radius 2 is 2.37 bits per heavy atom. The fraction of sp³-hybridized carbons (Fsp3) is 0.462. The molecule has 0 spiro atoms. The van der Waals surface area contributed by atoms with Crippen molar-refractivity contribution < 1.29 is 14.3 Å². The Morgan fingerprint density at radius 3 is 3.05 bits per heavy atom. The number of nitrogens with zero attached hydrogens (tertiary/aromatic N) is 1. The monoisotopic (exact) mass is 330 g/mol. The number of carbonyl (C=O) groups is 1. The van der Waals surface area contributed by atoms with Gasteiger partial charge >= 0.3 is 6.03 Å². The second-order valence-corrected chi connectivity index (χ2v) is 5.55. The van der Waals surface area contributed by atoms with Gasteiger partial charge in [-0.05, 0) is 52.9 Å². The molecule has 1 heterocycles. The molecule has 0 aromatic heterocycles. The van der Waals surface area contributed by atoms with Crippen LogP contribution >= 0.6 is 15.9 Å². The van der Waals surface area contributed by atoms with Crippen LogP contribution in [0.3, 0.4) is 0 Å². The Bertz CT molecular complexity index is 470. The molecule has 1 fully saturated rings. The molecule has 6 heteroatoms. The second kappa shape index (κ2) is 6.34. The van der Waals surface area contributed by atoms with Gasteiger partial charge in [0, 0.05) is 24.2 Å². The van der Waals surface area contributed by atoms with Gasteiger partial charge in [0.05, 0.1) is 5.69 Å². The molecule has 1 aliphatic rings. The number of piperidine rings is 1. The first-order valence-corrected chi connectivity index (χ1v) is 7.01. The van der Waals surface area contributed by atoms with Crippen molar-refractivity contribution in [1.29, 1.82) is 0 Å². The van der Waals surface area contributed by atoms with Gasteiger partial charge < -0.3 is 15.3 Å². The van der Waals surface area contributed by atoms with E-state index in [1.807, 2.05) is 0 Å². The normalized spacial score (nSPS) is 19.3. The zero-order chi connectivity index (χ0) is 13.8. The molecule has 0 bridgehead atoms. The van der Waals surface area contributed by atoms with E-state index >= 15 is 0 Å². The zero-order valence-corrected chi connectivity index (χ0v) is 12.0. The molecule has 1 unspecified atom stereocenters. The van der Waals surface area contributed by atoms with Crippen LogP contribution in [0, 0.1) is 11.7 Å². The predicted octanol–water partition coefficient (Wildman–Crippen LogP) is 2.82. The maximum Gasteiger partial charge on any atom is 0.321 e. The van der Waals surface area contributed by atoms with Crippen molar-refractivity contribution in [2.24, 2.45) is 5.92 Å². The third kappa shape index (κ3) is 3.67. The molecule has 1 saturated heterocycles. The highest BCUT2D eigenvalue weighted by Crippen LogP contribution is 2.24. The van der Waals surface area contributed by atoms with E-state index in [-0.39, 0.29) is 24.4 Å². The number of rotatable bonds is 2. The summed E-state index contributed by atoms with van der Waals surface area (Å²) in [5.41, 5.74) is 0.539. The van der Waals surface area contributed by atoms with Crippen molar-refractivity contribution in [2.75, 3.05) is 25.0 Å². The minimum atomic E-state index is -0.358. The van der Waals surface area contributed by atoms with Crippen LogP contribution in [-0.2, 0) is 0 Å². The number of halogens is 2. The summed E-state index contributed by atoms with van der Waals surface area (Å²) in [5, 5.41) is 11.9. The van der Waals surface area contributed by atoms with Gasteiger partial charge in [0.2, 0.25) is 0 Å². The number of urea groups is 1. The number of benzene rings is 1. The Balaban J connectivity index is 2.00. The molecule has 19 heavy (non-hydrogen) atoms. The molecule has 1 aromatic rings. The molecular weight excluding hydrogens is 315 g/mol. The maximum absolute atomic E-state index is 13.0. The van der Waals surface area contributed by atoms with Crippen LogP contribution < -0.4 is 5.32 Å². The van der Waals surface area contributed by atoms with E-state index in [2.05, 4.69) is 21.2 Å². The lowest BCUT2D eigenvalue weighted by atomic mass is 9.99. The van der Waals surface area contributed by atoms with Crippen molar-refractivity contribution >= 4 is 27.6 Å². The van der Waals surface area contributed by atoms with Crippen LogP contribution in [0.2, 0.25) is 0 Å². The maximum atomic E-state index is 13.0. The van der Waals surface area contributed by atoms with Crippen LogP contribution in [0.5, 0.6) is 0 Å². The van der Waals surface area contributed by atoms with Crippen molar-refractivity contribution in [3.05, 3.63) is 28.5 Å². The highest BCUT2D eigenvalue weighted by Gasteiger charge is 2.23. The van der Waals surface area contributed by atoms with Crippen molar-refractivity contribution in [2.45, 2.75) is 12.8 Å². The van der Waals surface area contributed by atoms with E-state index in [1.54, 1.807) is 4.90 Å². The number of hydrogen-bond acceptors (Lipinski definition) is 2. The highest BCUT2D eigenvalue weighted by atomic mass is 79.9. The number of anilines is 1. The molecule has 104 valence electrons. The smallest absolute Gasteiger partial charge is 0.321 e. The van der Waals surface area contributed by atoms with Crippen LogP contribution in [0.25, 0.3) is 0 Å². The molecular formula is C13H16BrFN2O2. The first kappa shape index (κ1) is 14.3. The Hall–Kier alpha value is -1.14. The minimum absolute atomic E-state index is 0.101. The summed E-state index contributed by atoms with van der Waals surface area (Å²) in [7, 11) is 0. The summed E-state index contributed by atoms with van der Waals surface area (Å²) in [6, 6.07) is 3.91. The van der Waals surface area contributed by atoms with Gasteiger partial charge in [-0.3, -0.25) is 0 Å². The minimum Gasteiger partial charge on any atom is -0.396 e. The quantitative estimate of drug-likeness (QED) is 0.876. The predicted molar refractivity (Wildman–Crippen MR) is 74.5 cm³/mol. The highest BCUT2D eigenvalue weighted by molar-refractivity contribution is 9.10. The fourth-order valence-electron chi connectivity index (χ4n) is 2.18. The van der Waals surface area contributed by atoms with E-state index in [1.165, 1.54) is 18.2 Å². The van der Waals surface area contributed by atoms with Crippen LogP contribution in [-0.4, -0.2) is 35.7 Å². The lowest BCUT2D eigenvalue weighted by Crippen LogP contribution is -2.43. The Labute approximate surface area is 119 Å². The SMILES string of the molecule is O=C(Nc1ccc(F)cc1Br)N1CCCC(CO)C1. The first-order valence-electron chi connectivity index (χ1n) is 6.22. The van der Waals surface area contributed by atoms with E-state index in [4.69, 9.17) is 5.11 Å².